The number of thiophene rings is 1. The molecule has 0 aliphatic heterocycles. The van der Waals surface area contributed by atoms with Gasteiger partial charge < -0.3 is 9.47 Å². The molecule has 1 aromatic heterocycles. The molecule has 1 aromatic carbocycles. The lowest BCUT2D eigenvalue weighted by atomic mass is 10.2. The SMILES string of the molecule is N#Cc1ccccc1OCC(=O)OCC(=O)c1cccs1. The normalized spacial score (nSPS) is 9.67. The van der Waals surface area contributed by atoms with Crippen LogP contribution in [0.25, 0.3) is 0 Å². The molecular weight excluding hydrogens is 290 g/mol. The lowest BCUT2D eigenvalue weighted by Crippen LogP contribution is -2.19. The molecule has 0 atom stereocenters. The van der Waals surface area contributed by atoms with Crippen molar-refractivity contribution in [1.29, 1.82) is 5.26 Å². The topological polar surface area (TPSA) is 76.4 Å². The minimum absolute atomic E-state index is 0.254. The molecule has 2 aromatic rings. The smallest absolute Gasteiger partial charge is 0.344 e. The Balaban J connectivity index is 1.80. The van der Waals surface area contributed by atoms with Gasteiger partial charge in [-0.2, -0.15) is 5.26 Å². The Bertz CT molecular complexity index is 673. The highest BCUT2D eigenvalue weighted by Crippen LogP contribution is 2.16. The Morgan fingerprint density at radius 2 is 1.95 bits per heavy atom. The molecule has 106 valence electrons. The van der Waals surface area contributed by atoms with Gasteiger partial charge in [0.2, 0.25) is 5.78 Å². The molecule has 1 heterocycles. The van der Waals surface area contributed by atoms with Gasteiger partial charge >= 0.3 is 5.97 Å². The number of ketones is 1. The van der Waals surface area contributed by atoms with Gasteiger partial charge in [0.05, 0.1) is 10.4 Å². The van der Waals surface area contributed by atoms with E-state index in [1.54, 1.807) is 41.8 Å². The Labute approximate surface area is 125 Å². The summed E-state index contributed by atoms with van der Waals surface area (Å²) in [6.07, 6.45) is 0. The van der Waals surface area contributed by atoms with Gasteiger partial charge in [0, 0.05) is 0 Å². The van der Waals surface area contributed by atoms with E-state index in [2.05, 4.69) is 0 Å². The van der Waals surface area contributed by atoms with Crippen LogP contribution in [0.3, 0.4) is 0 Å². The average molecular weight is 301 g/mol. The summed E-state index contributed by atoms with van der Waals surface area (Å²) in [5, 5.41) is 10.7. The first kappa shape index (κ1) is 14.8. The summed E-state index contributed by atoms with van der Waals surface area (Å²) in [7, 11) is 0. The second kappa shape index (κ2) is 7.22. The Kier molecular flexibility index (Phi) is 5.07. The number of carbonyl (C=O) groups excluding carboxylic acids is 2. The summed E-state index contributed by atoms with van der Waals surface area (Å²) in [6.45, 7) is -0.668. The van der Waals surface area contributed by atoms with E-state index < -0.39 is 5.97 Å². The molecule has 6 heteroatoms. The molecule has 0 spiro atoms. The lowest BCUT2D eigenvalue weighted by molar-refractivity contribution is -0.144. The van der Waals surface area contributed by atoms with E-state index in [1.165, 1.54) is 11.3 Å². The molecule has 0 aliphatic rings. The number of para-hydroxylation sites is 1. The summed E-state index contributed by atoms with van der Waals surface area (Å²) < 4.78 is 10.0. The van der Waals surface area contributed by atoms with Gasteiger partial charge in [0.15, 0.2) is 13.2 Å². The highest BCUT2D eigenvalue weighted by molar-refractivity contribution is 7.12. The third-order valence-electron chi connectivity index (χ3n) is 2.51. The Morgan fingerprint density at radius 1 is 1.14 bits per heavy atom. The van der Waals surface area contributed by atoms with Crippen molar-refractivity contribution in [3.05, 3.63) is 52.2 Å². The standard InChI is InChI=1S/C15H11NO4S/c16-8-11-4-1-2-5-13(11)19-10-15(18)20-9-12(17)14-6-3-7-21-14/h1-7H,9-10H2. The number of ether oxygens (including phenoxy) is 2. The number of benzene rings is 1. The molecule has 0 fully saturated rings. The number of Topliss-reactive ketones (excluding diaryl/α,β-unsaturated/α-hetero) is 1. The minimum atomic E-state index is -0.660. The van der Waals surface area contributed by atoms with Crippen molar-refractivity contribution >= 4 is 23.1 Å². The van der Waals surface area contributed by atoms with Crippen molar-refractivity contribution in [2.45, 2.75) is 0 Å². The number of nitrogens with zero attached hydrogens (tertiary/aromatic N) is 1. The molecule has 5 nitrogen and oxygen atoms in total. The molecule has 0 aliphatic carbocycles. The zero-order valence-corrected chi connectivity index (χ0v) is 11.8. The zero-order valence-electron chi connectivity index (χ0n) is 10.9. The van der Waals surface area contributed by atoms with E-state index in [4.69, 9.17) is 14.7 Å². The lowest BCUT2D eigenvalue weighted by Gasteiger charge is -2.07. The highest BCUT2D eigenvalue weighted by Gasteiger charge is 2.12. The Morgan fingerprint density at radius 3 is 2.67 bits per heavy atom. The van der Waals surface area contributed by atoms with Crippen molar-refractivity contribution < 1.29 is 19.1 Å². The van der Waals surface area contributed by atoms with E-state index in [1.807, 2.05) is 6.07 Å². The van der Waals surface area contributed by atoms with Crippen LogP contribution in [0.5, 0.6) is 5.75 Å². The van der Waals surface area contributed by atoms with Crippen molar-refractivity contribution in [3.63, 3.8) is 0 Å². The first-order chi connectivity index (χ1) is 10.2. The quantitative estimate of drug-likeness (QED) is 0.605. The van der Waals surface area contributed by atoms with Gasteiger partial charge in [-0.25, -0.2) is 4.79 Å². The molecule has 0 unspecified atom stereocenters. The van der Waals surface area contributed by atoms with Crippen LogP contribution < -0.4 is 4.74 Å². The number of esters is 1. The maximum Gasteiger partial charge on any atom is 0.344 e. The van der Waals surface area contributed by atoms with E-state index in [9.17, 15) is 9.59 Å². The molecule has 0 bridgehead atoms. The van der Waals surface area contributed by atoms with Crippen molar-refractivity contribution in [2.75, 3.05) is 13.2 Å². The van der Waals surface area contributed by atoms with E-state index >= 15 is 0 Å². The highest BCUT2D eigenvalue weighted by atomic mass is 32.1. The van der Waals surface area contributed by atoms with Gasteiger partial charge in [-0.05, 0) is 23.6 Å². The van der Waals surface area contributed by atoms with E-state index in [0.717, 1.165) is 0 Å². The van der Waals surface area contributed by atoms with Crippen molar-refractivity contribution in [3.8, 4) is 11.8 Å². The van der Waals surface area contributed by atoms with Crippen LogP contribution in [0.1, 0.15) is 15.2 Å². The predicted molar refractivity (Wildman–Crippen MR) is 76.3 cm³/mol. The zero-order chi connectivity index (χ0) is 15.1. The third-order valence-corrected chi connectivity index (χ3v) is 3.42. The molecule has 0 saturated carbocycles. The minimum Gasteiger partial charge on any atom is -0.481 e. The predicted octanol–water partition coefficient (Wildman–Crippen LogP) is 2.42. The van der Waals surface area contributed by atoms with Crippen LogP contribution in [0, 0.1) is 11.3 Å². The van der Waals surface area contributed by atoms with Crippen molar-refractivity contribution in [1.82, 2.24) is 0 Å². The number of hydrogen-bond acceptors (Lipinski definition) is 6. The summed E-state index contributed by atoms with van der Waals surface area (Å²) in [4.78, 5) is 23.7. The van der Waals surface area contributed by atoms with Gasteiger partial charge in [-0.1, -0.05) is 18.2 Å². The first-order valence-electron chi connectivity index (χ1n) is 6.05. The summed E-state index contributed by atoms with van der Waals surface area (Å²) in [5.41, 5.74) is 0.333. The van der Waals surface area contributed by atoms with Crippen LogP contribution >= 0.6 is 11.3 Å². The third kappa shape index (κ3) is 4.16. The molecule has 0 radical (unpaired) electrons. The molecule has 2 rings (SSSR count). The summed E-state index contributed by atoms with van der Waals surface area (Å²) in [5.74, 6) is -0.607. The van der Waals surface area contributed by atoms with Crippen molar-refractivity contribution in [2.24, 2.45) is 0 Å². The number of carbonyl (C=O) groups is 2. The average Bonchev–Trinajstić information content (AvgIpc) is 3.05. The van der Waals surface area contributed by atoms with E-state index in [-0.39, 0.29) is 19.0 Å². The van der Waals surface area contributed by atoms with Gasteiger partial charge in [-0.15, -0.1) is 11.3 Å². The van der Waals surface area contributed by atoms with Gasteiger partial charge in [-0.3, -0.25) is 4.79 Å². The number of nitriles is 1. The number of hydrogen-bond donors (Lipinski definition) is 0. The Hall–Kier alpha value is -2.65. The number of rotatable bonds is 6. The molecule has 21 heavy (non-hydrogen) atoms. The van der Waals surface area contributed by atoms with Gasteiger partial charge in [0.25, 0.3) is 0 Å². The van der Waals surface area contributed by atoms with Crippen LogP contribution in [0.4, 0.5) is 0 Å². The molecule has 0 saturated heterocycles. The van der Waals surface area contributed by atoms with Crippen LogP contribution in [-0.4, -0.2) is 25.0 Å². The van der Waals surface area contributed by atoms with Gasteiger partial charge in [0.1, 0.15) is 11.8 Å². The fourth-order valence-corrected chi connectivity index (χ4v) is 2.17. The van der Waals surface area contributed by atoms with Crippen LogP contribution in [0.15, 0.2) is 41.8 Å². The maximum atomic E-state index is 11.6. The maximum absolute atomic E-state index is 11.6. The molecule has 0 N–H and O–H groups in total. The monoisotopic (exact) mass is 301 g/mol. The molecule has 0 amide bonds. The van der Waals surface area contributed by atoms with E-state index in [0.29, 0.717) is 16.2 Å². The van der Waals surface area contributed by atoms with Crippen LogP contribution in [-0.2, 0) is 9.53 Å². The largest absolute Gasteiger partial charge is 0.481 e. The first-order valence-corrected chi connectivity index (χ1v) is 6.93. The summed E-state index contributed by atoms with van der Waals surface area (Å²) >= 11 is 1.29. The fraction of sp³-hybridized carbons (Fsp3) is 0.133. The summed E-state index contributed by atoms with van der Waals surface area (Å²) in [6, 6.07) is 11.9. The fourth-order valence-electron chi connectivity index (χ4n) is 1.52. The second-order valence-corrected chi connectivity index (χ2v) is 4.91. The van der Waals surface area contributed by atoms with Crippen LogP contribution in [0.2, 0.25) is 0 Å². The molecular formula is C15H11NO4S. The second-order valence-electron chi connectivity index (χ2n) is 3.96.